The lowest BCUT2D eigenvalue weighted by molar-refractivity contribution is 0.0367. The normalized spacial score (nSPS) is 19.4. The van der Waals surface area contributed by atoms with Gasteiger partial charge in [-0.2, -0.15) is 0 Å². The standard InChI is InChI=1S/C26H33BrClN3O2/c1-3-5-6-22(4-2)33-26(32)31-13-11-30(12-14-31)25-23-10-9-21(28)16-18(23)7-8-19-15-20(27)17-29-24(19)25/h9-10,15-17,22,25H,3-8,11-14H2,1-2H3. The Hall–Kier alpha value is -1.63. The van der Waals surface area contributed by atoms with Gasteiger partial charge in [-0.3, -0.25) is 9.88 Å². The monoisotopic (exact) mass is 533 g/mol. The molecule has 1 aromatic carbocycles. The van der Waals surface area contributed by atoms with Crippen LogP contribution in [0.25, 0.3) is 0 Å². The minimum atomic E-state index is -0.173. The Morgan fingerprint density at radius 2 is 1.94 bits per heavy atom. The van der Waals surface area contributed by atoms with Gasteiger partial charge in [0.2, 0.25) is 0 Å². The number of hydrogen-bond donors (Lipinski definition) is 0. The van der Waals surface area contributed by atoms with Gasteiger partial charge in [0.25, 0.3) is 0 Å². The predicted octanol–water partition coefficient (Wildman–Crippen LogP) is 6.41. The fourth-order valence-electron chi connectivity index (χ4n) is 4.94. The minimum Gasteiger partial charge on any atom is -0.446 e. The van der Waals surface area contributed by atoms with Gasteiger partial charge in [0, 0.05) is 41.9 Å². The number of carbonyl (C=O) groups is 1. The highest BCUT2D eigenvalue weighted by Crippen LogP contribution is 2.38. The number of piperazine rings is 1. The summed E-state index contributed by atoms with van der Waals surface area (Å²) in [7, 11) is 0. The van der Waals surface area contributed by atoms with Crippen LogP contribution >= 0.6 is 27.5 Å². The van der Waals surface area contributed by atoms with Crippen LogP contribution in [0.4, 0.5) is 4.79 Å². The molecular weight excluding hydrogens is 502 g/mol. The first-order chi connectivity index (χ1) is 16.0. The largest absolute Gasteiger partial charge is 0.446 e. The summed E-state index contributed by atoms with van der Waals surface area (Å²) in [5.74, 6) is 0. The highest BCUT2D eigenvalue weighted by atomic mass is 79.9. The first kappa shape index (κ1) is 24.5. The maximum absolute atomic E-state index is 12.8. The molecule has 0 bridgehead atoms. The third kappa shape index (κ3) is 5.72. The third-order valence-corrected chi connectivity index (χ3v) is 7.50. The van der Waals surface area contributed by atoms with Crippen molar-refractivity contribution < 1.29 is 9.53 Å². The van der Waals surface area contributed by atoms with Crippen LogP contribution in [0.15, 0.2) is 34.9 Å². The van der Waals surface area contributed by atoms with Crippen molar-refractivity contribution in [3.63, 3.8) is 0 Å². The maximum atomic E-state index is 12.8. The van der Waals surface area contributed by atoms with Crippen molar-refractivity contribution in [1.82, 2.24) is 14.8 Å². The summed E-state index contributed by atoms with van der Waals surface area (Å²) in [6.07, 6.45) is 7.63. The molecule has 0 spiro atoms. The quantitative estimate of drug-likeness (QED) is 0.430. The van der Waals surface area contributed by atoms with E-state index in [1.165, 1.54) is 16.7 Å². The molecule has 1 aromatic heterocycles. The smallest absolute Gasteiger partial charge is 0.410 e. The lowest BCUT2D eigenvalue weighted by Gasteiger charge is -2.39. The summed E-state index contributed by atoms with van der Waals surface area (Å²) >= 11 is 9.93. The highest BCUT2D eigenvalue weighted by Gasteiger charge is 2.34. The van der Waals surface area contributed by atoms with Gasteiger partial charge in [-0.1, -0.05) is 44.4 Å². The first-order valence-electron chi connectivity index (χ1n) is 12.1. The highest BCUT2D eigenvalue weighted by molar-refractivity contribution is 9.10. The number of ether oxygens (including phenoxy) is 1. The zero-order valence-corrected chi connectivity index (χ0v) is 21.9. The van der Waals surface area contributed by atoms with E-state index in [0.29, 0.717) is 13.1 Å². The third-order valence-electron chi connectivity index (χ3n) is 6.83. The Bertz CT molecular complexity index is 925. The van der Waals surface area contributed by atoms with E-state index in [9.17, 15) is 4.79 Å². The van der Waals surface area contributed by atoms with Crippen LogP contribution in [0.1, 0.15) is 68.0 Å². The molecule has 1 aliphatic carbocycles. The second kappa shape index (κ2) is 11.2. The molecule has 2 aromatic rings. The topological polar surface area (TPSA) is 45.7 Å². The molecule has 2 unspecified atom stereocenters. The first-order valence-corrected chi connectivity index (χ1v) is 13.3. The van der Waals surface area contributed by atoms with Crippen LogP contribution in [0.5, 0.6) is 0 Å². The van der Waals surface area contributed by atoms with E-state index in [-0.39, 0.29) is 18.2 Å². The summed E-state index contributed by atoms with van der Waals surface area (Å²) in [6.45, 7) is 7.14. The average Bonchev–Trinajstić information content (AvgIpc) is 2.98. The Morgan fingerprint density at radius 3 is 2.67 bits per heavy atom. The number of amides is 1. The van der Waals surface area contributed by atoms with E-state index in [2.05, 4.69) is 52.9 Å². The van der Waals surface area contributed by atoms with Crippen molar-refractivity contribution in [2.45, 2.75) is 64.5 Å². The van der Waals surface area contributed by atoms with Gasteiger partial charge in [0.05, 0.1) is 11.7 Å². The number of unbranched alkanes of at least 4 members (excludes halogenated alkanes) is 1. The number of aryl methyl sites for hydroxylation is 2. The lowest BCUT2D eigenvalue weighted by Crippen LogP contribution is -2.50. The SMILES string of the molecule is CCCCC(CC)OC(=O)N1CCN(C2c3ccc(Cl)cc3CCc3cc(Br)cnc32)CC1. The van der Waals surface area contributed by atoms with Crippen LogP contribution in [-0.4, -0.2) is 53.2 Å². The van der Waals surface area contributed by atoms with Crippen molar-refractivity contribution in [3.8, 4) is 0 Å². The zero-order valence-electron chi connectivity index (χ0n) is 19.5. The molecule has 33 heavy (non-hydrogen) atoms. The summed E-state index contributed by atoms with van der Waals surface area (Å²) in [4.78, 5) is 22.0. The number of fused-ring (bicyclic) bond motifs is 2. The summed E-state index contributed by atoms with van der Waals surface area (Å²) in [5, 5.41) is 0.772. The van der Waals surface area contributed by atoms with Crippen LogP contribution < -0.4 is 0 Å². The van der Waals surface area contributed by atoms with Crippen LogP contribution in [0, 0.1) is 0 Å². The second-order valence-corrected chi connectivity index (χ2v) is 10.4. The van der Waals surface area contributed by atoms with Gasteiger partial charge in [-0.25, -0.2) is 4.79 Å². The molecule has 2 aliphatic rings. The number of nitrogens with zero attached hydrogens (tertiary/aromatic N) is 3. The fraction of sp³-hybridized carbons (Fsp3) is 0.538. The Morgan fingerprint density at radius 1 is 1.18 bits per heavy atom. The van der Waals surface area contributed by atoms with E-state index in [4.69, 9.17) is 21.3 Å². The lowest BCUT2D eigenvalue weighted by atomic mass is 9.96. The molecule has 4 rings (SSSR count). The number of pyridine rings is 1. The van der Waals surface area contributed by atoms with E-state index in [0.717, 1.165) is 66.8 Å². The van der Waals surface area contributed by atoms with E-state index < -0.39 is 0 Å². The number of rotatable bonds is 6. The average molecular weight is 535 g/mol. The molecule has 1 fully saturated rings. The van der Waals surface area contributed by atoms with Crippen molar-refractivity contribution >= 4 is 33.6 Å². The van der Waals surface area contributed by atoms with E-state index in [1.807, 2.05) is 17.2 Å². The van der Waals surface area contributed by atoms with Crippen molar-refractivity contribution in [2.24, 2.45) is 0 Å². The molecule has 0 N–H and O–H groups in total. The van der Waals surface area contributed by atoms with Crippen molar-refractivity contribution in [1.29, 1.82) is 0 Å². The van der Waals surface area contributed by atoms with Crippen LogP contribution in [0.2, 0.25) is 5.02 Å². The minimum absolute atomic E-state index is 0.0171. The Labute approximate surface area is 210 Å². The number of halogens is 2. The van der Waals surface area contributed by atoms with Gasteiger partial charge < -0.3 is 9.64 Å². The van der Waals surface area contributed by atoms with E-state index in [1.54, 1.807) is 0 Å². The molecule has 2 atom stereocenters. The maximum Gasteiger partial charge on any atom is 0.410 e. The molecular formula is C26H33BrClN3O2. The Kier molecular flexibility index (Phi) is 8.31. The van der Waals surface area contributed by atoms with Gasteiger partial charge >= 0.3 is 6.09 Å². The second-order valence-electron chi connectivity index (χ2n) is 9.02. The van der Waals surface area contributed by atoms with Gasteiger partial charge in [0.1, 0.15) is 6.10 Å². The van der Waals surface area contributed by atoms with Crippen LogP contribution in [-0.2, 0) is 17.6 Å². The van der Waals surface area contributed by atoms with E-state index >= 15 is 0 Å². The number of carbonyl (C=O) groups excluding carboxylic acids is 1. The van der Waals surface area contributed by atoms with Crippen molar-refractivity contribution in [2.75, 3.05) is 26.2 Å². The number of benzene rings is 1. The molecule has 7 heteroatoms. The predicted molar refractivity (Wildman–Crippen MR) is 136 cm³/mol. The summed E-state index contributed by atoms with van der Waals surface area (Å²) in [5.41, 5.74) is 4.94. The van der Waals surface area contributed by atoms with Crippen molar-refractivity contribution in [3.05, 3.63) is 62.3 Å². The molecule has 0 saturated carbocycles. The number of aromatic nitrogens is 1. The molecule has 5 nitrogen and oxygen atoms in total. The molecule has 1 saturated heterocycles. The zero-order chi connectivity index (χ0) is 23.4. The molecule has 1 amide bonds. The van der Waals surface area contributed by atoms with Gasteiger partial charge in [-0.15, -0.1) is 0 Å². The fourth-order valence-corrected chi connectivity index (χ4v) is 5.51. The van der Waals surface area contributed by atoms with Gasteiger partial charge in [-0.05, 0) is 76.5 Å². The Balaban J connectivity index is 1.51. The molecule has 0 radical (unpaired) electrons. The summed E-state index contributed by atoms with van der Waals surface area (Å²) < 4.78 is 6.82. The van der Waals surface area contributed by atoms with Gasteiger partial charge in [0.15, 0.2) is 0 Å². The molecule has 178 valence electrons. The number of hydrogen-bond acceptors (Lipinski definition) is 4. The van der Waals surface area contributed by atoms with Crippen LogP contribution in [0.3, 0.4) is 0 Å². The molecule has 2 heterocycles. The molecule has 1 aliphatic heterocycles. The summed E-state index contributed by atoms with van der Waals surface area (Å²) in [6, 6.07) is 8.49.